The van der Waals surface area contributed by atoms with Gasteiger partial charge in [0.2, 0.25) is 5.91 Å². The molecule has 2 rings (SSSR count). The van der Waals surface area contributed by atoms with Gasteiger partial charge in [-0.25, -0.2) is 4.79 Å². The molecule has 5 nitrogen and oxygen atoms in total. The zero-order valence-electron chi connectivity index (χ0n) is 12.5. The van der Waals surface area contributed by atoms with Gasteiger partial charge >= 0.3 is 5.97 Å². The van der Waals surface area contributed by atoms with Crippen molar-refractivity contribution in [3.8, 4) is 0 Å². The normalized spacial score (nSPS) is 16.2. The molecule has 0 saturated heterocycles. The molecule has 0 bridgehead atoms. The fourth-order valence-corrected chi connectivity index (χ4v) is 2.65. The van der Waals surface area contributed by atoms with Gasteiger partial charge in [-0.05, 0) is 24.0 Å². The molecule has 0 spiro atoms. The molecule has 114 valence electrons. The van der Waals surface area contributed by atoms with Crippen LogP contribution in [0.15, 0.2) is 24.3 Å². The lowest BCUT2D eigenvalue weighted by Crippen LogP contribution is -2.48. The van der Waals surface area contributed by atoms with Gasteiger partial charge in [0.05, 0.1) is 6.54 Å². The minimum absolute atomic E-state index is 0.0858. The second-order valence-corrected chi connectivity index (χ2v) is 5.57. The molecule has 2 N–H and O–H groups in total. The van der Waals surface area contributed by atoms with E-state index >= 15 is 0 Å². The van der Waals surface area contributed by atoms with Crippen LogP contribution < -0.4 is 10.2 Å². The van der Waals surface area contributed by atoms with Crippen molar-refractivity contribution in [1.29, 1.82) is 0 Å². The van der Waals surface area contributed by atoms with Gasteiger partial charge in [-0.1, -0.05) is 38.5 Å². The van der Waals surface area contributed by atoms with Gasteiger partial charge in [0.15, 0.2) is 0 Å². The van der Waals surface area contributed by atoms with Crippen molar-refractivity contribution >= 4 is 17.6 Å². The van der Waals surface area contributed by atoms with Crippen LogP contribution in [0.1, 0.15) is 25.8 Å². The van der Waals surface area contributed by atoms with Crippen molar-refractivity contribution in [2.24, 2.45) is 5.92 Å². The number of carbonyl (C=O) groups is 2. The molecule has 1 heterocycles. The smallest absolute Gasteiger partial charge is 0.326 e. The predicted molar refractivity (Wildman–Crippen MR) is 81.4 cm³/mol. The molecule has 2 atom stereocenters. The summed E-state index contributed by atoms with van der Waals surface area (Å²) in [5, 5.41) is 11.9. The SMILES string of the molecule is CCC(C)C(NC(=O)CN1CCc2ccccc21)C(=O)O. The average Bonchev–Trinajstić information content (AvgIpc) is 2.87. The number of hydrogen-bond donors (Lipinski definition) is 2. The van der Waals surface area contributed by atoms with Gasteiger partial charge in [0.1, 0.15) is 6.04 Å². The highest BCUT2D eigenvalue weighted by molar-refractivity contribution is 5.87. The number of para-hydroxylation sites is 1. The summed E-state index contributed by atoms with van der Waals surface area (Å²) in [6, 6.07) is 7.19. The number of carboxylic acid groups (broad SMARTS) is 1. The fourth-order valence-electron chi connectivity index (χ4n) is 2.65. The number of hydrogen-bond acceptors (Lipinski definition) is 3. The number of benzene rings is 1. The minimum Gasteiger partial charge on any atom is -0.480 e. The van der Waals surface area contributed by atoms with Gasteiger partial charge < -0.3 is 15.3 Å². The van der Waals surface area contributed by atoms with Crippen LogP contribution >= 0.6 is 0 Å². The molecule has 1 amide bonds. The van der Waals surface area contributed by atoms with Crippen molar-refractivity contribution in [2.75, 3.05) is 18.0 Å². The van der Waals surface area contributed by atoms with E-state index in [1.807, 2.05) is 36.9 Å². The monoisotopic (exact) mass is 290 g/mol. The molecule has 1 aliphatic heterocycles. The molecule has 5 heteroatoms. The van der Waals surface area contributed by atoms with Gasteiger partial charge in [0, 0.05) is 12.2 Å². The molecule has 1 aromatic carbocycles. The predicted octanol–water partition coefficient (Wildman–Crippen LogP) is 1.66. The highest BCUT2D eigenvalue weighted by atomic mass is 16.4. The van der Waals surface area contributed by atoms with E-state index in [2.05, 4.69) is 11.4 Å². The first-order valence-electron chi connectivity index (χ1n) is 7.38. The summed E-state index contributed by atoms with van der Waals surface area (Å²) in [4.78, 5) is 25.4. The topological polar surface area (TPSA) is 69.6 Å². The molecule has 0 aromatic heterocycles. The fraction of sp³-hybridized carbons (Fsp3) is 0.500. The van der Waals surface area contributed by atoms with Gasteiger partial charge in [-0.2, -0.15) is 0 Å². The summed E-state index contributed by atoms with van der Waals surface area (Å²) in [6.07, 6.45) is 1.64. The van der Waals surface area contributed by atoms with E-state index in [9.17, 15) is 14.7 Å². The number of fused-ring (bicyclic) bond motifs is 1. The Balaban J connectivity index is 1.98. The quantitative estimate of drug-likeness (QED) is 0.836. The average molecular weight is 290 g/mol. The lowest BCUT2D eigenvalue weighted by Gasteiger charge is -2.23. The number of rotatable bonds is 6. The summed E-state index contributed by atoms with van der Waals surface area (Å²) in [6.45, 7) is 4.76. The van der Waals surface area contributed by atoms with Crippen molar-refractivity contribution in [2.45, 2.75) is 32.7 Å². The van der Waals surface area contributed by atoms with E-state index in [1.54, 1.807) is 0 Å². The molecule has 1 aliphatic rings. The molecule has 0 saturated carbocycles. The Morgan fingerprint density at radius 1 is 1.38 bits per heavy atom. The van der Waals surface area contributed by atoms with E-state index < -0.39 is 12.0 Å². The number of nitrogens with one attached hydrogen (secondary N) is 1. The second kappa shape index (κ2) is 6.61. The first-order valence-corrected chi connectivity index (χ1v) is 7.38. The second-order valence-electron chi connectivity index (χ2n) is 5.57. The zero-order chi connectivity index (χ0) is 15.4. The third-order valence-corrected chi connectivity index (χ3v) is 4.11. The van der Waals surface area contributed by atoms with E-state index in [-0.39, 0.29) is 18.4 Å². The lowest BCUT2D eigenvalue weighted by atomic mass is 9.99. The number of carbonyl (C=O) groups excluding carboxylic acids is 1. The van der Waals surface area contributed by atoms with Crippen molar-refractivity contribution in [3.05, 3.63) is 29.8 Å². The summed E-state index contributed by atoms with van der Waals surface area (Å²) in [7, 11) is 0. The van der Waals surface area contributed by atoms with Gasteiger partial charge in [0.25, 0.3) is 0 Å². The summed E-state index contributed by atoms with van der Waals surface area (Å²) < 4.78 is 0. The van der Waals surface area contributed by atoms with Crippen LogP contribution in [-0.2, 0) is 16.0 Å². The molecule has 0 radical (unpaired) electrons. The summed E-state index contributed by atoms with van der Waals surface area (Å²) in [5.74, 6) is -1.30. The highest BCUT2D eigenvalue weighted by Crippen LogP contribution is 2.26. The number of aliphatic carboxylic acids is 1. The van der Waals surface area contributed by atoms with E-state index in [0.29, 0.717) is 6.42 Å². The van der Waals surface area contributed by atoms with Crippen molar-refractivity contribution in [3.63, 3.8) is 0 Å². The molecule has 21 heavy (non-hydrogen) atoms. The maximum Gasteiger partial charge on any atom is 0.326 e. The Morgan fingerprint density at radius 3 is 2.76 bits per heavy atom. The molecule has 2 unspecified atom stereocenters. The Labute approximate surface area is 125 Å². The molecular weight excluding hydrogens is 268 g/mol. The Hall–Kier alpha value is -2.04. The zero-order valence-corrected chi connectivity index (χ0v) is 12.5. The standard InChI is InChI=1S/C16H22N2O3/c1-3-11(2)15(16(20)21)17-14(19)10-18-9-8-12-6-4-5-7-13(12)18/h4-7,11,15H,3,8-10H2,1-2H3,(H,17,19)(H,20,21). The van der Waals surface area contributed by atoms with Crippen molar-refractivity contribution in [1.82, 2.24) is 5.32 Å². The lowest BCUT2D eigenvalue weighted by molar-refractivity contribution is -0.143. The summed E-state index contributed by atoms with van der Waals surface area (Å²) in [5.41, 5.74) is 2.31. The Morgan fingerprint density at radius 2 is 2.10 bits per heavy atom. The largest absolute Gasteiger partial charge is 0.480 e. The van der Waals surface area contributed by atoms with E-state index in [0.717, 1.165) is 18.7 Å². The minimum atomic E-state index is -0.973. The molecular formula is C16H22N2O3. The Kier molecular flexibility index (Phi) is 4.83. The third-order valence-electron chi connectivity index (χ3n) is 4.11. The maximum absolute atomic E-state index is 12.1. The third kappa shape index (κ3) is 3.54. The van der Waals surface area contributed by atoms with E-state index in [4.69, 9.17) is 0 Å². The van der Waals surface area contributed by atoms with Crippen LogP contribution in [0.4, 0.5) is 5.69 Å². The van der Waals surface area contributed by atoms with E-state index in [1.165, 1.54) is 5.56 Å². The number of nitrogens with zero attached hydrogens (tertiary/aromatic N) is 1. The summed E-state index contributed by atoms with van der Waals surface area (Å²) >= 11 is 0. The number of amides is 1. The molecule has 0 aliphatic carbocycles. The highest BCUT2D eigenvalue weighted by Gasteiger charge is 2.27. The number of carboxylic acids is 1. The van der Waals surface area contributed by atoms with Gasteiger partial charge in [-0.3, -0.25) is 4.79 Å². The number of anilines is 1. The molecule has 1 aromatic rings. The van der Waals surface area contributed by atoms with Crippen LogP contribution in [0.3, 0.4) is 0 Å². The molecule has 0 fully saturated rings. The van der Waals surface area contributed by atoms with Crippen molar-refractivity contribution < 1.29 is 14.7 Å². The van der Waals surface area contributed by atoms with Gasteiger partial charge in [-0.15, -0.1) is 0 Å². The van der Waals surface area contributed by atoms with Crippen LogP contribution in [0.25, 0.3) is 0 Å². The first kappa shape index (κ1) is 15.4. The van der Waals surface area contributed by atoms with Crippen LogP contribution in [0, 0.1) is 5.92 Å². The van der Waals surface area contributed by atoms with Crippen LogP contribution in [0.2, 0.25) is 0 Å². The van der Waals surface area contributed by atoms with Crippen LogP contribution in [-0.4, -0.2) is 36.1 Å². The van der Waals surface area contributed by atoms with Crippen LogP contribution in [0.5, 0.6) is 0 Å². The maximum atomic E-state index is 12.1. The first-order chi connectivity index (χ1) is 10.0. The Bertz CT molecular complexity index is 530.